The number of hydrogen-bond donors (Lipinski definition) is 1. The fourth-order valence-electron chi connectivity index (χ4n) is 1.01. The minimum absolute atomic E-state index is 0.802. The van der Waals surface area contributed by atoms with Gasteiger partial charge in [-0.2, -0.15) is 0 Å². The van der Waals surface area contributed by atoms with Crippen molar-refractivity contribution < 1.29 is 0 Å². The highest BCUT2D eigenvalue weighted by Crippen LogP contribution is 2.18. The normalized spacial score (nSPS) is 17.3. The average molecular weight is 180 g/mol. The highest BCUT2D eigenvalue weighted by Gasteiger charge is 2.18. The molecule has 0 amide bonds. The van der Waals surface area contributed by atoms with E-state index in [0.29, 0.717) is 0 Å². The lowest BCUT2D eigenvalue weighted by atomic mass is 10.4. The van der Waals surface area contributed by atoms with E-state index >= 15 is 0 Å². The maximum Gasteiger partial charge on any atom is 0.0797 e. The fraction of sp³-hybridized carbons (Fsp3) is 0.444. The summed E-state index contributed by atoms with van der Waals surface area (Å²) < 4.78 is 0. The lowest BCUT2D eigenvalue weighted by Crippen LogP contribution is -2.15. The van der Waals surface area contributed by atoms with E-state index in [0.717, 1.165) is 12.6 Å². The zero-order chi connectivity index (χ0) is 8.23. The molecule has 0 saturated heterocycles. The van der Waals surface area contributed by atoms with Gasteiger partial charge >= 0.3 is 0 Å². The van der Waals surface area contributed by atoms with Gasteiger partial charge < -0.3 is 5.32 Å². The van der Waals surface area contributed by atoms with Crippen molar-refractivity contribution in [2.45, 2.75) is 18.9 Å². The molecule has 1 aromatic heterocycles. The van der Waals surface area contributed by atoms with Gasteiger partial charge in [0.25, 0.3) is 0 Å². The van der Waals surface area contributed by atoms with Crippen molar-refractivity contribution in [2.24, 2.45) is 0 Å². The molecule has 1 aromatic rings. The molecule has 0 unspecified atom stereocenters. The standard InChI is InChI=1S/C9H12N2S/c1(5-11-8-3-4-8)2-9-6-10-7-12-9/h1-2,6-8,11H,3-5H2/b2-1+. The summed E-state index contributed by atoms with van der Waals surface area (Å²) in [6.45, 7) is 0.989. The van der Waals surface area contributed by atoms with Crippen LogP contribution in [0.25, 0.3) is 6.08 Å². The summed E-state index contributed by atoms with van der Waals surface area (Å²) in [4.78, 5) is 5.22. The lowest BCUT2D eigenvalue weighted by Gasteiger charge is -1.93. The monoisotopic (exact) mass is 180 g/mol. The van der Waals surface area contributed by atoms with Crippen LogP contribution in [0.15, 0.2) is 17.8 Å². The van der Waals surface area contributed by atoms with E-state index in [4.69, 9.17) is 0 Å². The number of rotatable bonds is 4. The predicted octanol–water partition coefficient (Wildman–Crippen LogP) is 1.91. The molecule has 2 rings (SSSR count). The Balaban J connectivity index is 1.70. The van der Waals surface area contributed by atoms with Crippen LogP contribution in [-0.4, -0.2) is 17.6 Å². The molecule has 0 aromatic carbocycles. The van der Waals surface area contributed by atoms with Gasteiger partial charge in [0.2, 0.25) is 0 Å². The minimum atomic E-state index is 0.802. The molecule has 1 aliphatic carbocycles. The number of hydrogen-bond acceptors (Lipinski definition) is 3. The summed E-state index contributed by atoms with van der Waals surface area (Å²) in [5, 5.41) is 3.42. The molecule has 1 N–H and O–H groups in total. The summed E-state index contributed by atoms with van der Waals surface area (Å²) in [6.07, 6.45) is 8.87. The summed E-state index contributed by atoms with van der Waals surface area (Å²) in [6, 6.07) is 0.802. The summed E-state index contributed by atoms with van der Waals surface area (Å²) >= 11 is 1.67. The lowest BCUT2D eigenvalue weighted by molar-refractivity contribution is 0.754. The number of nitrogens with one attached hydrogen (secondary N) is 1. The molecule has 12 heavy (non-hydrogen) atoms. The largest absolute Gasteiger partial charge is 0.311 e. The maximum absolute atomic E-state index is 4.00. The van der Waals surface area contributed by atoms with Crippen molar-refractivity contribution in [3.05, 3.63) is 22.7 Å². The Bertz CT molecular complexity index is 250. The van der Waals surface area contributed by atoms with Crippen molar-refractivity contribution >= 4 is 17.4 Å². The predicted molar refractivity (Wildman–Crippen MR) is 52.2 cm³/mol. The summed E-state index contributed by atoms with van der Waals surface area (Å²) in [5.74, 6) is 0. The molecule has 0 radical (unpaired) electrons. The fourth-order valence-corrected chi connectivity index (χ4v) is 1.55. The van der Waals surface area contributed by atoms with Gasteiger partial charge in [-0.25, -0.2) is 0 Å². The van der Waals surface area contributed by atoms with Crippen molar-refractivity contribution in [1.29, 1.82) is 0 Å². The van der Waals surface area contributed by atoms with Crippen LogP contribution in [0.5, 0.6) is 0 Å². The van der Waals surface area contributed by atoms with E-state index in [1.54, 1.807) is 11.3 Å². The van der Waals surface area contributed by atoms with E-state index in [-0.39, 0.29) is 0 Å². The molecule has 0 aliphatic heterocycles. The first-order valence-electron chi connectivity index (χ1n) is 4.23. The molecule has 2 nitrogen and oxygen atoms in total. The minimum Gasteiger partial charge on any atom is -0.311 e. The molecule has 0 spiro atoms. The molecular weight excluding hydrogens is 168 g/mol. The van der Waals surface area contributed by atoms with Gasteiger partial charge in [0.1, 0.15) is 0 Å². The van der Waals surface area contributed by atoms with Crippen molar-refractivity contribution in [3.63, 3.8) is 0 Å². The smallest absolute Gasteiger partial charge is 0.0797 e. The molecule has 0 bridgehead atoms. The van der Waals surface area contributed by atoms with Crippen LogP contribution in [0.1, 0.15) is 17.7 Å². The number of aromatic nitrogens is 1. The second kappa shape index (κ2) is 3.83. The average Bonchev–Trinajstić information content (AvgIpc) is 2.76. The molecule has 1 aliphatic rings. The Kier molecular flexibility index (Phi) is 2.54. The van der Waals surface area contributed by atoms with Crippen molar-refractivity contribution in [1.82, 2.24) is 10.3 Å². The quantitative estimate of drug-likeness (QED) is 0.765. The third kappa shape index (κ3) is 2.43. The molecule has 1 fully saturated rings. The first-order chi connectivity index (χ1) is 5.95. The Morgan fingerprint density at radius 3 is 3.25 bits per heavy atom. The summed E-state index contributed by atoms with van der Waals surface area (Å²) in [5.41, 5.74) is 1.86. The summed E-state index contributed by atoms with van der Waals surface area (Å²) in [7, 11) is 0. The van der Waals surface area contributed by atoms with Gasteiger partial charge in [-0.15, -0.1) is 11.3 Å². The van der Waals surface area contributed by atoms with Crippen molar-refractivity contribution in [2.75, 3.05) is 6.54 Å². The molecular formula is C9H12N2S. The maximum atomic E-state index is 4.00. The van der Waals surface area contributed by atoms with Crippen LogP contribution in [0.3, 0.4) is 0 Å². The zero-order valence-corrected chi connectivity index (χ0v) is 7.68. The van der Waals surface area contributed by atoms with Crippen LogP contribution in [0.4, 0.5) is 0 Å². The Labute approximate surface area is 76.3 Å². The molecule has 64 valence electrons. The molecule has 1 heterocycles. The Morgan fingerprint density at radius 2 is 2.58 bits per heavy atom. The molecule has 3 heteroatoms. The highest BCUT2D eigenvalue weighted by molar-refractivity contribution is 7.10. The van der Waals surface area contributed by atoms with Gasteiger partial charge in [0.15, 0.2) is 0 Å². The van der Waals surface area contributed by atoms with Crippen LogP contribution >= 0.6 is 11.3 Å². The SMILES string of the molecule is C(=C\c1cncs1)/CNC1CC1. The van der Waals surface area contributed by atoms with E-state index in [1.807, 2.05) is 11.7 Å². The first-order valence-corrected chi connectivity index (χ1v) is 5.11. The first kappa shape index (κ1) is 7.95. The second-order valence-corrected chi connectivity index (χ2v) is 3.91. The van der Waals surface area contributed by atoms with Gasteiger partial charge in [-0.1, -0.05) is 6.08 Å². The van der Waals surface area contributed by atoms with Gasteiger partial charge in [-0.05, 0) is 18.9 Å². The van der Waals surface area contributed by atoms with E-state index < -0.39 is 0 Å². The van der Waals surface area contributed by atoms with Gasteiger partial charge in [0.05, 0.1) is 5.51 Å². The Morgan fingerprint density at radius 1 is 1.67 bits per heavy atom. The van der Waals surface area contributed by atoms with Crippen LogP contribution in [0.2, 0.25) is 0 Å². The molecule has 1 saturated carbocycles. The number of thiazole rings is 1. The van der Waals surface area contributed by atoms with Crippen LogP contribution in [-0.2, 0) is 0 Å². The third-order valence-corrected chi connectivity index (χ3v) is 2.58. The van der Waals surface area contributed by atoms with E-state index in [9.17, 15) is 0 Å². The van der Waals surface area contributed by atoms with Gasteiger partial charge in [0, 0.05) is 23.7 Å². The zero-order valence-electron chi connectivity index (χ0n) is 6.86. The van der Waals surface area contributed by atoms with Crippen LogP contribution < -0.4 is 5.32 Å². The molecule has 0 atom stereocenters. The highest BCUT2D eigenvalue weighted by atomic mass is 32.1. The van der Waals surface area contributed by atoms with Gasteiger partial charge in [-0.3, -0.25) is 4.98 Å². The third-order valence-electron chi connectivity index (χ3n) is 1.84. The topological polar surface area (TPSA) is 24.9 Å². The number of nitrogens with zero attached hydrogens (tertiary/aromatic N) is 1. The van der Waals surface area contributed by atoms with Crippen molar-refractivity contribution in [3.8, 4) is 0 Å². The van der Waals surface area contributed by atoms with E-state index in [1.165, 1.54) is 17.7 Å². The second-order valence-electron chi connectivity index (χ2n) is 2.99. The Hall–Kier alpha value is -0.670. The van der Waals surface area contributed by atoms with Crippen LogP contribution in [0, 0.1) is 0 Å². The van der Waals surface area contributed by atoms with E-state index in [2.05, 4.69) is 22.5 Å².